The van der Waals surface area contributed by atoms with Crippen LogP contribution in [0.3, 0.4) is 0 Å². The summed E-state index contributed by atoms with van der Waals surface area (Å²) < 4.78 is 40.8. The van der Waals surface area contributed by atoms with Crippen LogP contribution in [0.5, 0.6) is 0 Å². The highest BCUT2D eigenvalue weighted by Gasteiger charge is 2.37. The van der Waals surface area contributed by atoms with Crippen LogP contribution in [-0.4, -0.2) is 22.7 Å². The first-order valence-corrected chi connectivity index (χ1v) is 5.02. The van der Waals surface area contributed by atoms with Gasteiger partial charge in [0.1, 0.15) is 0 Å². The van der Waals surface area contributed by atoms with Gasteiger partial charge in [0.2, 0.25) is 5.89 Å². The van der Waals surface area contributed by atoms with Crippen molar-refractivity contribution in [2.45, 2.75) is 38.9 Å². The van der Waals surface area contributed by atoms with Gasteiger partial charge in [-0.05, 0) is 13.0 Å². The first kappa shape index (κ1) is 13.0. The molecule has 4 nitrogen and oxygen atoms in total. The van der Waals surface area contributed by atoms with Gasteiger partial charge in [0.05, 0.1) is 0 Å². The van der Waals surface area contributed by atoms with Crippen molar-refractivity contribution in [3.63, 3.8) is 0 Å². The van der Waals surface area contributed by atoms with Crippen molar-refractivity contribution in [2.75, 3.05) is 6.54 Å². The zero-order valence-corrected chi connectivity index (χ0v) is 9.14. The van der Waals surface area contributed by atoms with E-state index in [-0.39, 0.29) is 5.89 Å². The molecule has 0 bridgehead atoms. The second kappa shape index (κ2) is 5.29. The van der Waals surface area contributed by atoms with Gasteiger partial charge in [-0.1, -0.05) is 19.0 Å². The monoisotopic (exact) mass is 237 g/mol. The lowest BCUT2D eigenvalue weighted by molar-refractivity contribution is -0.146. The fraction of sp³-hybridized carbons (Fsp3) is 0.778. The molecule has 1 rings (SSSR count). The van der Waals surface area contributed by atoms with Crippen molar-refractivity contribution in [1.82, 2.24) is 15.5 Å². The zero-order chi connectivity index (χ0) is 12.2. The van der Waals surface area contributed by atoms with Crippen LogP contribution in [0.15, 0.2) is 4.52 Å². The summed E-state index contributed by atoms with van der Waals surface area (Å²) in [4.78, 5) is 3.27. The third kappa shape index (κ3) is 4.18. The highest BCUT2D eigenvalue weighted by Crippen LogP contribution is 2.26. The molecule has 0 saturated heterocycles. The van der Waals surface area contributed by atoms with E-state index in [9.17, 15) is 13.2 Å². The van der Waals surface area contributed by atoms with Crippen LogP contribution >= 0.6 is 0 Å². The van der Waals surface area contributed by atoms with Crippen molar-refractivity contribution < 1.29 is 17.7 Å². The minimum atomic E-state index is -4.53. The van der Waals surface area contributed by atoms with E-state index in [1.807, 2.05) is 13.8 Å². The minimum Gasteiger partial charge on any atom is -0.339 e. The molecule has 0 unspecified atom stereocenters. The van der Waals surface area contributed by atoms with Crippen LogP contribution in [0.25, 0.3) is 0 Å². The predicted octanol–water partition coefficient (Wildman–Crippen LogP) is 2.02. The first-order chi connectivity index (χ1) is 7.39. The van der Waals surface area contributed by atoms with Crippen molar-refractivity contribution in [3.8, 4) is 0 Å². The molecule has 0 atom stereocenters. The molecule has 0 saturated carbocycles. The lowest BCUT2D eigenvalue weighted by Gasteiger charge is -2.05. The summed E-state index contributed by atoms with van der Waals surface area (Å²) in [6.07, 6.45) is -3.52. The fourth-order valence-corrected chi connectivity index (χ4v) is 1.10. The molecule has 0 aliphatic heterocycles. The van der Waals surface area contributed by atoms with Gasteiger partial charge in [0.25, 0.3) is 5.82 Å². The Bertz CT molecular complexity index is 322. The molecule has 0 amide bonds. The number of rotatable bonds is 5. The van der Waals surface area contributed by atoms with Crippen molar-refractivity contribution >= 4 is 0 Å². The Morgan fingerprint density at radius 1 is 1.38 bits per heavy atom. The molecule has 0 spiro atoms. The van der Waals surface area contributed by atoms with Gasteiger partial charge < -0.3 is 9.84 Å². The average molecular weight is 237 g/mol. The summed E-state index contributed by atoms with van der Waals surface area (Å²) in [6.45, 7) is 4.70. The molecule has 1 N–H and O–H groups in total. The van der Waals surface area contributed by atoms with E-state index in [1.165, 1.54) is 0 Å². The zero-order valence-electron chi connectivity index (χ0n) is 9.14. The Kier molecular flexibility index (Phi) is 4.28. The van der Waals surface area contributed by atoms with E-state index in [0.29, 0.717) is 25.4 Å². The molecule has 0 fully saturated rings. The SMILES string of the molecule is CC(C)NCCCc1nc(C(F)(F)F)no1. The number of halogens is 3. The summed E-state index contributed by atoms with van der Waals surface area (Å²) in [6, 6.07) is 0.355. The highest BCUT2D eigenvalue weighted by molar-refractivity contribution is 4.90. The molecule has 92 valence electrons. The van der Waals surface area contributed by atoms with Crippen LogP contribution < -0.4 is 5.32 Å². The number of hydrogen-bond acceptors (Lipinski definition) is 4. The summed E-state index contributed by atoms with van der Waals surface area (Å²) in [5, 5.41) is 6.01. The summed E-state index contributed by atoms with van der Waals surface area (Å²) >= 11 is 0. The minimum absolute atomic E-state index is 0.0258. The maximum atomic E-state index is 12.1. The summed E-state index contributed by atoms with van der Waals surface area (Å²) in [5.74, 6) is -1.18. The normalized spacial score (nSPS) is 12.4. The molecule has 1 aromatic rings. The predicted molar refractivity (Wildman–Crippen MR) is 50.8 cm³/mol. The third-order valence-electron chi connectivity index (χ3n) is 1.84. The maximum absolute atomic E-state index is 12.1. The van der Waals surface area contributed by atoms with Gasteiger partial charge in [0.15, 0.2) is 0 Å². The quantitative estimate of drug-likeness (QED) is 0.796. The second-order valence-corrected chi connectivity index (χ2v) is 3.72. The van der Waals surface area contributed by atoms with E-state index >= 15 is 0 Å². The van der Waals surface area contributed by atoms with Gasteiger partial charge in [-0.15, -0.1) is 0 Å². The summed E-state index contributed by atoms with van der Waals surface area (Å²) in [7, 11) is 0. The molecule has 1 heterocycles. The number of alkyl halides is 3. The average Bonchev–Trinajstić information content (AvgIpc) is 2.59. The van der Waals surface area contributed by atoms with Crippen LogP contribution in [-0.2, 0) is 12.6 Å². The Balaban J connectivity index is 2.36. The van der Waals surface area contributed by atoms with Crippen LogP contribution in [0.4, 0.5) is 13.2 Å². The van der Waals surface area contributed by atoms with E-state index in [1.54, 1.807) is 0 Å². The van der Waals surface area contributed by atoms with E-state index < -0.39 is 12.0 Å². The topological polar surface area (TPSA) is 51.0 Å². The molecular weight excluding hydrogens is 223 g/mol. The molecule has 0 aliphatic carbocycles. The molecule has 7 heteroatoms. The maximum Gasteiger partial charge on any atom is 0.455 e. The van der Waals surface area contributed by atoms with Crippen LogP contribution in [0.2, 0.25) is 0 Å². The van der Waals surface area contributed by atoms with Crippen LogP contribution in [0, 0.1) is 0 Å². The highest BCUT2D eigenvalue weighted by atomic mass is 19.4. The Morgan fingerprint density at radius 2 is 2.06 bits per heavy atom. The number of aromatic nitrogens is 2. The Labute approximate surface area is 91.2 Å². The molecular formula is C9H14F3N3O. The Hall–Kier alpha value is -1.11. The van der Waals surface area contributed by atoms with Gasteiger partial charge in [-0.3, -0.25) is 0 Å². The molecule has 16 heavy (non-hydrogen) atoms. The van der Waals surface area contributed by atoms with E-state index in [4.69, 9.17) is 0 Å². The van der Waals surface area contributed by atoms with E-state index in [2.05, 4.69) is 20.0 Å². The van der Waals surface area contributed by atoms with Gasteiger partial charge in [-0.25, -0.2) is 0 Å². The Morgan fingerprint density at radius 3 is 2.56 bits per heavy atom. The van der Waals surface area contributed by atoms with Crippen molar-refractivity contribution in [2.24, 2.45) is 0 Å². The van der Waals surface area contributed by atoms with E-state index in [0.717, 1.165) is 0 Å². The first-order valence-electron chi connectivity index (χ1n) is 5.02. The van der Waals surface area contributed by atoms with Gasteiger partial charge in [0, 0.05) is 12.5 Å². The number of hydrogen-bond donors (Lipinski definition) is 1. The fourth-order valence-electron chi connectivity index (χ4n) is 1.10. The number of nitrogens with zero attached hydrogens (tertiary/aromatic N) is 2. The van der Waals surface area contributed by atoms with Crippen molar-refractivity contribution in [3.05, 3.63) is 11.7 Å². The van der Waals surface area contributed by atoms with Gasteiger partial charge >= 0.3 is 6.18 Å². The smallest absolute Gasteiger partial charge is 0.339 e. The molecule has 0 radical (unpaired) electrons. The lowest BCUT2D eigenvalue weighted by Crippen LogP contribution is -2.23. The number of nitrogens with one attached hydrogen (secondary N) is 1. The second-order valence-electron chi connectivity index (χ2n) is 3.72. The lowest BCUT2D eigenvalue weighted by atomic mass is 10.3. The largest absolute Gasteiger partial charge is 0.455 e. The molecule has 0 aromatic carbocycles. The molecule has 0 aliphatic rings. The molecule has 1 aromatic heterocycles. The van der Waals surface area contributed by atoms with Gasteiger partial charge in [-0.2, -0.15) is 18.2 Å². The van der Waals surface area contributed by atoms with Crippen molar-refractivity contribution in [1.29, 1.82) is 0 Å². The standard InChI is InChI=1S/C9H14F3N3O/c1-6(2)13-5-3-4-7-14-8(15-16-7)9(10,11)12/h6,13H,3-5H2,1-2H3. The summed E-state index contributed by atoms with van der Waals surface area (Å²) in [5.41, 5.74) is 0. The third-order valence-corrected chi connectivity index (χ3v) is 1.84. The number of aryl methyl sites for hydroxylation is 1. The van der Waals surface area contributed by atoms with Crippen LogP contribution in [0.1, 0.15) is 32.0 Å².